The fourth-order valence-electron chi connectivity index (χ4n) is 5.46. The molecule has 0 saturated carbocycles. The molecule has 0 unspecified atom stereocenters. The predicted molar refractivity (Wildman–Crippen MR) is 152 cm³/mol. The minimum Gasteiger partial charge on any atom is -0.474 e. The zero-order valence-corrected chi connectivity index (χ0v) is 23.5. The number of pyridine rings is 2. The van der Waals surface area contributed by atoms with Crippen molar-refractivity contribution in [3.05, 3.63) is 76.6 Å². The average molecular weight is 590 g/mol. The van der Waals surface area contributed by atoms with Gasteiger partial charge in [0.05, 0.1) is 36.4 Å². The molecular formula is C29H29ClFN9O2. The first-order chi connectivity index (χ1) is 20.6. The van der Waals surface area contributed by atoms with Crippen LogP contribution in [0.25, 0.3) is 22.6 Å². The van der Waals surface area contributed by atoms with E-state index in [9.17, 15) is 4.39 Å². The number of nitrogens with zero attached hydrogens (tertiary/aromatic N) is 8. The number of piperidine rings is 1. The van der Waals surface area contributed by atoms with Crippen LogP contribution in [0.4, 0.5) is 4.39 Å². The minimum absolute atomic E-state index is 0.0557. The highest BCUT2D eigenvalue weighted by atomic mass is 35.5. The van der Waals surface area contributed by atoms with Crippen molar-refractivity contribution in [2.24, 2.45) is 0 Å². The van der Waals surface area contributed by atoms with E-state index in [1.807, 2.05) is 30.5 Å². The summed E-state index contributed by atoms with van der Waals surface area (Å²) in [5, 5.41) is 14.6. The van der Waals surface area contributed by atoms with Crippen LogP contribution < -0.4 is 4.74 Å². The number of imidazole rings is 1. The van der Waals surface area contributed by atoms with Crippen molar-refractivity contribution in [1.29, 1.82) is 0 Å². The molecule has 13 heteroatoms. The van der Waals surface area contributed by atoms with Gasteiger partial charge in [-0.05, 0) is 54.3 Å². The van der Waals surface area contributed by atoms with Crippen LogP contribution in [-0.2, 0) is 24.2 Å². The van der Waals surface area contributed by atoms with Gasteiger partial charge in [0.2, 0.25) is 11.7 Å². The third kappa shape index (κ3) is 5.83. The SMILES string of the molecule is Fc1cc(Cl)ccc1Cc1cccc(OC2CCN(Cc3nc4cc(-c5nn[nH]n5)ncc4n3C[C@@H]3CCO3)CC2)n1. The standard InChI is InChI=1S/C29H29ClFN9O2/c30-19-5-4-18(23(31)13-19)12-20-2-1-3-28(33-20)42-21-6-9-39(10-7-21)17-27-34-24-14-25(29-35-37-38-36-29)32-15-26(24)40(27)16-22-8-11-41-22/h1-5,13-15,21-22H,6-12,16-17H2,(H,35,36,37,38)/t22-/m0/s1. The Bertz CT molecular complexity index is 1680. The number of ether oxygens (including phenoxy) is 2. The number of tetrazole rings is 1. The highest BCUT2D eigenvalue weighted by molar-refractivity contribution is 6.30. The second kappa shape index (κ2) is 11.7. The third-order valence-electron chi connectivity index (χ3n) is 7.82. The topological polar surface area (TPSA) is 120 Å². The van der Waals surface area contributed by atoms with E-state index in [0.29, 0.717) is 40.9 Å². The van der Waals surface area contributed by atoms with Gasteiger partial charge >= 0.3 is 0 Å². The average Bonchev–Trinajstić information content (AvgIpc) is 3.62. The van der Waals surface area contributed by atoms with Gasteiger partial charge in [-0.3, -0.25) is 9.88 Å². The van der Waals surface area contributed by atoms with Crippen molar-refractivity contribution in [2.75, 3.05) is 19.7 Å². The molecule has 2 saturated heterocycles. The summed E-state index contributed by atoms with van der Waals surface area (Å²) in [6.07, 6.45) is 5.23. The lowest BCUT2D eigenvalue weighted by Gasteiger charge is -2.32. The molecule has 0 aliphatic carbocycles. The maximum Gasteiger partial charge on any atom is 0.223 e. The van der Waals surface area contributed by atoms with Gasteiger partial charge in [0.15, 0.2) is 0 Å². The van der Waals surface area contributed by atoms with E-state index >= 15 is 0 Å². The zero-order valence-electron chi connectivity index (χ0n) is 22.8. The largest absolute Gasteiger partial charge is 0.474 e. The Labute approximate surface area is 246 Å². The summed E-state index contributed by atoms with van der Waals surface area (Å²) in [6.45, 7) is 4.00. The summed E-state index contributed by atoms with van der Waals surface area (Å²) in [6, 6.07) is 12.3. The fourth-order valence-corrected chi connectivity index (χ4v) is 5.62. The van der Waals surface area contributed by atoms with Crippen molar-refractivity contribution in [1.82, 2.24) is 45.0 Å². The lowest BCUT2D eigenvalue weighted by molar-refractivity contribution is -0.0592. The van der Waals surface area contributed by atoms with Crippen molar-refractivity contribution in [3.63, 3.8) is 0 Å². The Morgan fingerprint density at radius 2 is 1.98 bits per heavy atom. The van der Waals surface area contributed by atoms with Gasteiger partial charge in [-0.2, -0.15) is 5.21 Å². The molecule has 216 valence electrons. The molecule has 5 aromatic rings. The maximum absolute atomic E-state index is 14.3. The first-order valence-electron chi connectivity index (χ1n) is 14.1. The summed E-state index contributed by atoms with van der Waals surface area (Å²) in [4.78, 5) is 16.6. The molecule has 6 heterocycles. The monoisotopic (exact) mass is 589 g/mol. The Kier molecular flexibility index (Phi) is 7.49. The number of aromatic amines is 1. The van der Waals surface area contributed by atoms with Crippen LogP contribution in [0.2, 0.25) is 5.02 Å². The molecule has 1 N–H and O–H groups in total. The van der Waals surface area contributed by atoms with E-state index in [0.717, 1.165) is 68.1 Å². The molecule has 0 spiro atoms. The summed E-state index contributed by atoms with van der Waals surface area (Å²) >= 11 is 5.89. The van der Waals surface area contributed by atoms with E-state index in [-0.39, 0.29) is 18.0 Å². The Morgan fingerprint density at radius 3 is 2.74 bits per heavy atom. The number of fused-ring (bicyclic) bond motifs is 1. The Hall–Kier alpha value is -4.00. The second-order valence-electron chi connectivity index (χ2n) is 10.7. The molecule has 11 nitrogen and oxygen atoms in total. The van der Waals surface area contributed by atoms with E-state index in [1.54, 1.807) is 12.1 Å². The lowest BCUT2D eigenvalue weighted by Crippen LogP contribution is -2.39. The van der Waals surface area contributed by atoms with Crippen molar-refractivity contribution in [2.45, 2.75) is 51.0 Å². The van der Waals surface area contributed by atoms with Gasteiger partial charge in [-0.1, -0.05) is 23.7 Å². The van der Waals surface area contributed by atoms with Crippen LogP contribution in [0, 0.1) is 5.82 Å². The number of nitrogens with one attached hydrogen (secondary N) is 1. The minimum atomic E-state index is -0.333. The molecular weight excluding hydrogens is 561 g/mol. The quantitative estimate of drug-likeness (QED) is 0.269. The molecule has 0 bridgehead atoms. The molecule has 2 fully saturated rings. The fraction of sp³-hybridized carbons (Fsp3) is 0.379. The lowest BCUT2D eigenvalue weighted by atomic mass is 10.1. The van der Waals surface area contributed by atoms with Gasteiger partial charge < -0.3 is 14.0 Å². The number of hydrogen-bond acceptors (Lipinski definition) is 9. The summed E-state index contributed by atoms with van der Waals surface area (Å²) in [7, 11) is 0. The number of rotatable bonds is 9. The highest BCUT2D eigenvalue weighted by Crippen LogP contribution is 2.26. The zero-order chi connectivity index (χ0) is 28.5. The van der Waals surface area contributed by atoms with Crippen molar-refractivity contribution >= 4 is 22.6 Å². The van der Waals surface area contributed by atoms with Crippen LogP contribution in [0.3, 0.4) is 0 Å². The summed E-state index contributed by atoms with van der Waals surface area (Å²) in [5.74, 6) is 1.65. The van der Waals surface area contributed by atoms with E-state index in [4.69, 9.17) is 26.1 Å². The van der Waals surface area contributed by atoms with Gasteiger partial charge in [-0.25, -0.2) is 14.4 Å². The van der Waals surface area contributed by atoms with Crippen LogP contribution in [0.1, 0.15) is 36.3 Å². The van der Waals surface area contributed by atoms with Gasteiger partial charge in [-0.15, -0.1) is 10.2 Å². The van der Waals surface area contributed by atoms with Crippen LogP contribution >= 0.6 is 11.6 Å². The Morgan fingerprint density at radius 1 is 1.10 bits per heavy atom. The third-order valence-corrected chi connectivity index (χ3v) is 8.06. The number of halogens is 2. The van der Waals surface area contributed by atoms with Crippen LogP contribution in [0.15, 0.2) is 48.7 Å². The van der Waals surface area contributed by atoms with Gasteiger partial charge in [0.1, 0.15) is 23.4 Å². The first kappa shape index (κ1) is 26.9. The van der Waals surface area contributed by atoms with E-state index in [1.165, 1.54) is 6.07 Å². The van der Waals surface area contributed by atoms with Gasteiger partial charge in [0, 0.05) is 42.9 Å². The van der Waals surface area contributed by atoms with Crippen LogP contribution in [-0.4, -0.2) is 76.9 Å². The molecule has 2 aliphatic rings. The molecule has 0 radical (unpaired) electrons. The van der Waals surface area contributed by atoms with Gasteiger partial charge in [0.25, 0.3) is 0 Å². The smallest absolute Gasteiger partial charge is 0.223 e. The molecule has 4 aromatic heterocycles. The number of likely N-dealkylation sites (tertiary alicyclic amines) is 1. The molecule has 2 aliphatic heterocycles. The molecule has 0 amide bonds. The van der Waals surface area contributed by atoms with Crippen molar-refractivity contribution in [3.8, 4) is 17.4 Å². The normalized spacial score (nSPS) is 17.9. The number of H-pyrrole nitrogens is 1. The second-order valence-corrected chi connectivity index (χ2v) is 11.1. The first-order valence-corrected chi connectivity index (χ1v) is 14.4. The predicted octanol–water partition coefficient (Wildman–Crippen LogP) is 4.22. The maximum atomic E-state index is 14.3. The number of aromatic nitrogens is 8. The summed E-state index contributed by atoms with van der Waals surface area (Å²) < 4.78 is 28.5. The molecule has 1 aromatic carbocycles. The Balaban J connectivity index is 1.00. The van der Waals surface area contributed by atoms with E-state index < -0.39 is 0 Å². The highest BCUT2D eigenvalue weighted by Gasteiger charge is 2.26. The molecule has 7 rings (SSSR count). The molecule has 1 atom stereocenters. The molecule has 42 heavy (non-hydrogen) atoms. The van der Waals surface area contributed by atoms with Crippen molar-refractivity contribution < 1.29 is 13.9 Å². The summed E-state index contributed by atoms with van der Waals surface area (Å²) in [5.41, 5.74) is 3.74. The van der Waals surface area contributed by atoms with Crippen LogP contribution in [0.5, 0.6) is 5.88 Å². The number of benzene rings is 1. The van der Waals surface area contributed by atoms with E-state index in [2.05, 4.69) is 40.1 Å². The number of hydrogen-bond donors (Lipinski definition) is 1.